The average molecular weight is 324 g/mol. The van der Waals surface area contributed by atoms with Crippen molar-refractivity contribution in [3.05, 3.63) is 35.9 Å². The zero-order valence-corrected chi connectivity index (χ0v) is 14.1. The molecule has 2 heterocycles. The molecule has 0 bridgehead atoms. The third kappa shape index (κ3) is 2.93. The molecule has 1 aromatic carbocycles. The molecule has 0 radical (unpaired) electrons. The minimum atomic E-state index is -3.30. The Kier molecular flexibility index (Phi) is 4.29. The summed E-state index contributed by atoms with van der Waals surface area (Å²) in [6.07, 6.45) is 2.56. The molecule has 0 unspecified atom stereocenters. The van der Waals surface area contributed by atoms with Gasteiger partial charge in [0.25, 0.3) is 10.2 Å². The van der Waals surface area contributed by atoms with Crippen molar-refractivity contribution in [3.63, 3.8) is 0 Å². The summed E-state index contributed by atoms with van der Waals surface area (Å²) in [5.41, 5.74) is 1.18. The van der Waals surface area contributed by atoms with Gasteiger partial charge in [-0.2, -0.15) is 17.0 Å². The first kappa shape index (κ1) is 15.9. The first-order valence-electron chi connectivity index (χ1n) is 7.79. The van der Waals surface area contributed by atoms with Crippen LogP contribution in [0.4, 0.5) is 0 Å². The second kappa shape index (κ2) is 5.92. The Morgan fingerprint density at radius 2 is 1.82 bits per heavy atom. The van der Waals surface area contributed by atoms with Crippen molar-refractivity contribution in [2.75, 3.05) is 33.8 Å². The highest BCUT2D eigenvalue weighted by Gasteiger charge is 2.45. The lowest BCUT2D eigenvalue weighted by Crippen LogP contribution is -2.49. The van der Waals surface area contributed by atoms with Crippen LogP contribution >= 0.6 is 0 Å². The molecule has 0 amide bonds. The standard InChI is InChI=1S/C16H24N2O3S/c1-17(2)22(19,20)18-10-8-16(9-11-18)12-15(13-21-16)14-6-4-3-5-7-14/h3-7,15H,8-13H2,1-2H3/t15-/m1/s1. The molecular formula is C16H24N2O3S. The summed E-state index contributed by atoms with van der Waals surface area (Å²) < 4.78 is 33.4. The first-order chi connectivity index (χ1) is 10.4. The second-order valence-electron chi connectivity index (χ2n) is 6.49. The van der Waals surface area contributed by atoms with Crippen LogP contribution in [0, 0.1) is 0 Å². The third-order valence-corrected chi connectivity index (χ3v) is 6.84. The van der Waals surface area contributed by atoms with Crippen molar-refractivity contribution in [2.45, 2.75) is 30.8 Å². The fourth-order valence-electron chi connectivity index (χ4n) is 3.49. The number of hydrogen-bond donors (Lipinski definition) is 0. The van der Waals surface area contributed by atoms with E-state index in [0.717, 1.165) is 25.9 Å². The lowest BCUT2D eigenvalue weighted by Gasteiger charge is -2.38. The largest absolute Gasteiger partial charge is 0.374 e. The van der Waals surface area contributed by atoms with Crippen molar-refractivity contribution in [1.82, 2.24) is 8.61 Å². The number of nitrogens with zero attached hydrogens (tertiary/aromatic N) is 2. The van der Waals surface area contributed by atoms with Gasteiger partial charge in [0.1, 0.15) is 0 Å². The molecular weight excluding hydrogens is 300 g/mol. The van der Waals surface area contributed by atoms with E-state index >= 15 is 0 Å². The lowest BCUT2D eigenvalue weighted by atomic mass is 9.84. The van der Waals surface area contributed by atoms with E-state index in [1.165, 1.54) is 9.87 Å². The van der Waals surface area contributed by atoms with Crippen LogP contribution in [0.3, 0.4) is 0 Å². The molecule has 3 rings (SSSR count). The fourth-order valence-corrected chi connectivity index (χ4v) is 4.59. The molecule has 5 nitrogen and oxygen atoms in total. The smallest absolute Gasteiger partial charge is 0.281 e. The van der Waals surface area contributed by atoms with Crippen molar-refractivity contribution in [2.24, 2.45) is 0 Å². The molecule has 0 saturated carbocycles. The van der Waals surface area contributed by atoms with Crippen molar-refractivity contribution < 1.29 is 13.2 Å². The SMILES string of the molecule is CN(C)S(=O)(=O)N1CCC2(CC1)C[C@@H](c1ccccc1)CO2. The zero-order chi connectivity index (χ0) is 15.8. The molecule has 1 atom stereocenters. The van der Waals surface area contributed by atoms with Gasteiger partial charge in [-0.1, -0.05) is 30.3 Å². The predicted octanol–water partition coefficient (Wildman–Crippen LogP) is 1.83. The monoisotopic (exact) mass is 324 g/mol. The van der Waals surface area contributed by atoms with Crippen LogP contribution in [0.25, 0.3) is 0 Å². The number of rotatable bonds is 3. The molecule has 1 aromatic rings. The van der Waals surface area contributed by atoms with E-state index in [4.69, 9.17) is 4.74 Å². The second-order valence-corrected chi connectivity index (χ2v) is 8.64. The molecule has 122 valence electrons. The highest BCUT2D eigenvalue weighted by atomic mass is 32.2. The summed E-state index contributed by atoms with van der Waals surface area (Å²) in [6.45, 7) is 1.83. The Hall–Kier alpha value is -0.950. The summed E-state index contributed by atoms with van der Waals surface area (Å²) in [6, 6.07) is 10.5. The van der Waals surface area contributed by atoms with Crippen molar-refractivity contribution in [1.29, 1.82) is 0 Å². The maximum Gasteiger partial charge on any atom is 0.281 e. The van der Waals surface area contributed by atoms with Gasteiger partial charge in [-0.05, 0) is 24.8 Å². The van der Waals surface area contributed by atoms with Crippen LogP contribution in [0.15, 0.2) is 30.3 Å². The van der Waals surface area contributed by atoms with Crippen LogP contribution < -0.4 is 0 Å². The summed E-state index contributed by atoms with van der Waals surface area (Å²) in [7, 11) is -0.140. The molecule has 2 fully saturated rings. The van der Waals surface area contributed by atoms with E-state index in [1.54, 1.807) is 18.4 Å². The van der Waals surface area contributed by atoms with Crippen LogP contribution in [0.1, 0.15) is 30.7 Å². The number of hydrogen-bond acceptors (Lipinski definition) is 3. The Morgan fingerprint density at radius 1 is 1.18 bits per heavy atom. The Balaban J connectivity index is 1.65. The molecule has 2 aliphatic heterocycles. The first-order valence-corrected chi connectivity index (χ1v) is 9.19. The van der Waals surface area contributed by atoms with Gasteiger partial charge in [-0.25, -0.2) is 0 Å². The van der Waals surface area contributed by atoms with Gasteiger partial charge in [-0.15, -0.1) is 0 Å². The molecule has 0 N–H and O–H groups in total. The van der Waals surface area contributed by atoms with E-state index in [-0.39, 0.29) is 5.60 Å². The predicted molar refractivity (Wildman–Crippen MR) is 85.9 cm³/mol. The molecule has 0 aromatic heterocycles. The number of benzene rings is 1. The minimum absolute atomic E-state index is 0.140. The van der Waals surface area contributed by atoms with Gasteiger partial charge >= 0.3 is 0 Å². The molecule has 6 heteroatoms. The quantitative estimate of drug-likeness (QED) is 0.852. The Morgan fingerprint density at radius 3 is 2.41 bits per heavy atom. The van der Waals surface area contributed by atoms with Crippen LogP contribution in [0.5, 0.6) is 0 Å². The number of ether oxygens (including phenoxy) is 1. The van der Waals surface area contributed by atoms with E-state index in [1.807, 2.05) is 6.07 Å². The molecule has 2 aliphatic rings. The van der Waals surface area contributed by atoms with Gasteiger partial charge in [0.05, 0.1) is 12.2 Å². The molecule has 22 heavy (non-hydrogen) atoms. The van der Waals surface area contributed by atoms with Gasteiger partial charge in [0.15, 0.2) is 0 Å². The van der Waals surface area contributed by atoms with Crippen LogP contribution in [-0.4, -0.2) is 56.4 Å². The minimum Gasteiger partial charge on any atom is -0.374 e. The summed E-state index contributed by atoms with van der Waals surface area (Å²) in [5.74, 6) is 0.429. The maximum absolute atomic E-state index is 12.2. The molecule has 2 saturated heterocycles. The third-order valence-electron chi connectivity index (χ3n) is 4.90. The van der Waals surface area contributed by atoms with Crippen molar-refractivity contribution >= 4 is 10.2 Å². The van der Waals surface area contributed by atoms with Crippen molar-refractivity contribution in [3.8, 4) is 0 Å². The van der Waals surface area contributed by atoms with Gasteiger partial charge in [0, 0.05) is 33.1 Å². The van der Waals surface area contributed by atoms with Gasteiger partial charge in [-0.3, -0.25) is 0 Å². The maximum atomic E-state index is 12.2. The van der Waals surface area contributed by atoms with Crippen LogP contribution in [-0.2, 0) is 14.9 Å². The van der Waals surface area contributed by atoms with E-state index < -0.39 is 10.2 Å². The number of piperidine rings is 1. The Bertz CT molecular complexity index is 608. The normalized spacial score (nSPS) is 25.9. The fraction of sp³-hybridized carbons (Fsp3) is 0.625. The van der Waals surface area contributed by atoms with E-state index in [9.17, 15) is 8.42 Å². The molecule has 1 spiro atoms. The summed E-state index contributed by atoms with van der Waals surface area (Å²) in [5, 5.41) is 0. The lowest BCUT2D eigenvalue weighted by molar-refractivity contribution is -0.0315. The molecule has 0 aliphatic carbocycles. The highest BCUT2D eigenvalue weighted by molar-refractivity contribution is 7.86. The average Bonchev–Trinajstić information content (AvgIpc) is 2.92. The Labute approximate surface area is 133 Å². The van der Waals surface area contributed by atoms with E-state index in [0.29, 0.717) is 19.0 Å². The topological polar surface area (TPSA) is 49.9 Å². The van der Waals surface area contributed by atoms with Gasteiger partial charge in [0.2, 0.25) is 0 Å². The van der Waals surface area contributed by atoms with Gasteiger partial charge < -0.3 is 4.74 Å². The van der Waals surface area contributed by atoms with E-state index in [2.05, 4.69) is 24.3 Å². The zero-order valence-electron chi connectivity index (χ0n) is 13.2. The highest BCUT2D eigenvalue weighted by Crippen LogP contribution is 2.43. The van der Waals surface area contributed by atoms with Crippen LogP contribution in [0.2, 0.25) is 0 Å². The summed E-state index contributed by atoms with van der Waals surface area (Å²) >= 11 is 0. The summed E-state index contributed by atoms with van der Waals surface area (Å²) in [4.78, 5) is 0.